The molecule has 0 aliphatic rings. The predicted molar refractivity (Wildman–Crippen MR) is 84.6 cm³/mol. The van der Waals surface area contributed by atoms with Crippen molar-refractivity contribution in [1.82, 2.24) is 5.32 Å². The number of rotatable bonds is 5. The number of carbonyl (C=O) groups excluding carboxylic acids is 2. The molecule has 0 saturated heterocycles. The first kappa shape index (κ1) is 16.2. The van der Waals surface area contributed by atoms with Crippen LogP contribution in [0.2, 0.25) is 0 Å². The van der Waals surface area contributed by atoms with Gasteiger partial charge in [0.1, 0.15) is 6.04 Å². The maximum Gasteiger partial charge on any atom is 0.328 e. The number of hydrogen-bond donors (Lipinski definition) is 1. The van der Waals surface area contributed by atoms with Gasteiger partial charge in [0.05, 0.1) is 18.7 Å². The van der Waals surface area contributed by atoms with Gasteiger partial charge < -0.3 is 10.1 Å². The zero-order valence-corrected chi connectivity index (χ0v) is 12.7. The molecular weight excluding hydrogens is 292 g/mol. The predicted octanol–water partition coefficient (Wildman–Crippen LogP) is 2.07. The molecule has 0 spiro atoms. The Labute approximate surface area is 134 Å². The van der Waals surface area contributed by atoms with Crippen LogP contribution in [0.1, 0.15) is 21.5 Å². The summed E-state index contributed by atoms with van der Waals surface area (Å²) in [4.78, 5) is 24.1. The largest absolute Gasteiger partial charge is 0.467 e. The number of esters is 1. The highest BCUT2D eigenvalue weighted by atomic mass is 16.5. The number of hydrogen-bond acceptors (Lipinski definition) is 4. The number of carbonyl (C=O) groups is 2. The van der Waals surface area contributed by atoms with Crippen LogP contribution in [0, 0.1) is 11.3 Å². The third-order valence-electron chi connectivity index (χ3n) is 3.35. The van der Waals surface area contributed by atoms with Crippen molar-refractivity contribution in [3.8, 4) is 6.07 Å². The molecule has 0 aromatic heterocycles. The van der Waals surface area contributed by atoms with Crippen LogP contribution in [0.3, 0.4) is 0 Å². The minimum absolute atomic E-state index is 0.289. The summed E-state index contributed by atoms with van der Waals surface area (Å²) in [6.45, 7) is 0. The van der Waals surface area contributed by atoms with Crippen molar-refractivity contribution >= 4 is 11.9 Å². The van der Waals surface area contributed by atoms with Crippen LogP contribution in [-0.4, -0.2) is 25.0 Å². The average molecular weight is 308 g/mol. The molecule has 2 aromatic rings. The van der Waals surface area contributed by atoms with Gasteiger partial charge in [-0.15, -0.1) is 0 Å². The van der Waals surface area contributed by atoms with E-state index in [1.807, 2.05) is 12.1 Å². The Morgan fingerprint density at radius 3 is 2.35 bits per heavy atom. The van der Waals surface area contributed by atoms with Gasteiger partial charge in [0.15, 0.2) is 0 Å². The van der Waals surface area contributed by atoms with Crippen LogP contribution >= 0.6 is 0 Å². The Balaban J connectivity index is 2.12. The number of nitrogens with one attached hydrogen (secondary N) is 1. The maximum absolute atomic E-state index is 12.2. The Bertz CT molecular complexity index is 718. The summed E-state index contributed by atoms with van der Waals surface area (Å²) in [7, 11) is 1.28. The molecule has 5 nitrogen and oxygen atoms in total. The van der Waals surface area contributed by atoms with Crippen LogP contribution in [0.5, 0.6) is 0 Å². The van der Waals surface area contributed by atoms with E-state index in [0.29, 0.717) is 11.1 Å². The fourth-order valence-corrected chi connectivity index (χ4v) is 2.12. The van der Waals surface area contributed by atoms with Crippen molar-refractivity contribution in [2.75, 3.05) is 7.11 Å². The van der Waals surface area contributed by atoms with E-state index in [1.165, 1.54) is 7.11 Å². The minimum atomic E-state index is -0.791. The highest BCUT2D eigenvalue weighted by Gasteiger charge is 2.22. The van der Waals surface area contributed by atoms with Crippen molar-refractivity contribution in [1.29, 1.82) is 5.26 Å². The van der Waals surface area contributed by atoms with Gasteiger partial charge >= 0.3 is 5.97 Å². The number of nitriles is 1. The van der Waals surface area contributed by atoms with E-state index in [4.69, 9.17) is 10.00 Å². The van der Waals surface area contributed by atoms with E-state index in [-0.39, 0.29) is 12.3 Å². The molecule has 2 rings (SSSR count). The summed E-state index contributed by atoms with van der Waals surface area (Å²) in [5.41, 5.74) is 1.84. The maximum atomic E-state index is 12.2. The molecule has 0 saturated carbocycles. The van der Waals surface area contributed by atoms with Crippen LogP contribution in [0.25, 0.3) is 0 Å². The SMILES string of the molecule is COC(=O)[C@H](Cc1ccc(C#N)cc1)NC(=O)c1ccccc1. The van der Waals surface area contributed by atoms with Gasteiger partial charge in [-0.2, -0.15) is 5.26 Å². The van der Waals surface area contributed by atoms with Crippen molar-refractivity contribution in [2.24, 2.45) is 0 Å². The molecule has 2 aromatic carbocycles. The molecule has 0 aliphatic carbocycles. The molecule has 116 valence electrons. The van der Waals surface area contributed by atoms with Gasteiger partial charge in [-0.25, -0.2) is 4.79 Å². The second kappa shape index (κ2) is 7.76. The highest BCUT2D eigenvalue weighted by molar-refractivity contribution is 5.96. The van der Waals surface area contributed by atoms with Gasteiger partial charge in [-0.05, 0) is 29.8 Å². The van der Waals surface area contributed by atoms with Crippen molar-refractivity contribution in [2.45, 2.75) is 12.5 Å². The second-order valence-electron chi connectivity index (χ2n) is 4.93. The van der Waals surface area contributed by atoms with Crippen LogP contribution in [0.15, 0.2) is 54.6 Å². The van der Waals surface area contributed by atoms with Gasteiger partial charge in [-0.3, -0.25) is 4.79 Å². The fourth-order valence-electron chi connectivity index (χ4n) is 2.12. The molecule has 0 fully saturated rings. The van der Waals surface area contributed by atoms with Gasteiger partial charge in [0.25, 0.3) is 5.91 Å². The summed E-state index contributed by atoms with van der Waals surface area (Å²) in [6.07, 6.45) is 0.289. The molecule has 0 bridgehead atoms. The van der Waals surface area contributed by atoms with E-state index in [0.717, 1.165) is 5.56 Å². The van der Waals surface area contributed by atoms with Gasteiger partial charge in [0.2, 0.25) is 0 Å². The van der Waals surface area contributed by atoms with Crippen LogP contribution in [0.4, 0.5) is 0 Å². The topological polar surface area (TPSA) is 79.2 Å². The Morgan fingerprint density at radius 2 is 1.78 bits per heavy atom. The molecule has 1 amide bonds. The molecule has 23 heavy (non-hydrogen) atoms. The van der Waals surface area contributed by atoms with E-state index >= 15 is 0 Å². The molecule has 5 heteroatoms. The lowest BCUT2D eigenvalue weighted by molar-refractivity contribution is -0.142. The summed E-state index contributed by atoms with van der Waals surface area (Å²) < 4.78 is 4.76. The van der Waals surface area contributed by atoms with Crippen molar-refractivity contribution in [3.63, 3.8) is 0 Å². The summed E-state index contributed by atoms with van der Waals surface area (Å²) in [6, 6.07) is 16.7. The van der Waals surface area contributed by atoms with E-state index < -0.39 is 12.0 Å². The lowest BCUT2D eigenvalue weighted by atomic mass is 10.0. The third kappa shape index (κ3) is 4.42. The van der Waals surface area contributed by atoms with Crippen molar-refractivity contribution in [3.05, 3.63) is 71.3 Å². The molecule has 0 radical (unpaired) electrons. The van der Waals surface area contributed by atoms with Crippen LogP contribution in [-0.2, 0) is 16.0 Å². The van der Waals surface area contributed by atoms with E-state index in [2.05, 4.69) is 5.32 Å². The molecular formula is C18H16N2O3. The molecule has 1 atom stereocenters. The smallest absolute Gasteiger partial charge is 0.328 e. The zero-order valence-electron chi connectivity index (χ0n) is 12.7. The monoisotopic (exact) mass is 308 g/mol. The van der Waals surface area contributed by atoms with Crippen LogP contribution < -0.4 is 5.32 Å². The molecule has 0 aliphatic heterocycles. The van der Waals surface area contributed by atoms with E-state index in [1.54, 1.807) is 48.5 Å². The molecule has 0 heterocycles. The fraction of sp³-hybridized carbons (Fsp3) is 0.167. The number of benzene rings is 2. The van der Waals surface area contributed by atoms with Gasteiger partial charge in [-0.1, -0.05) is 30.3 Å². The Hall–Kier alpha value is -3.13. The average Bonchev–Trinajstić information content (AvgIpc) is 2.61. The van der Waals surface area contributed by atoms with Gasteiger partial charge in [0, 0.05) is 12.0 Å². The van der Waals surface area contributed by atoms with Crippen molar-refractivity contribution < 1.29 is 14.3 Å². The number of amides is 1. The number of ether oxygens (including phenoxy) is 1. The number of nitrogens with zero attached hydrogens (tertiary/aromatic N) is 1. The quantitative estimate of drug-likeness (QED) is 0.858. The Morgan fingerprint density at radius 1 is 1.13 bits per heavy atom. The first-order valence-electron chi connectivity index (χ1n) is 7.07. The molecule has 1 N–H and O–H groups in total. The summed E-state index contributed by atoms with van der Waals surface area (Å²) in [5.74, 6) is -0.853. The molecule has 0 unspecified atom stereocenters. The summed E-state index contributed by atoms with van der Waals surface area (Å²) in [5, 5.41) is 11.5. The highest BCUT2D eigenvalue weighted by Crippen LogP contribution is 2.08. The lowest BCUT2D eigenvalue weighted by Crippen LogP contribution is -2.43. The first-order valence-corrected chi connectivity index (χ1v) is 7.07. The number of methoxy groups -OCH3 is 1. The second-order valence-corrected chi connectivity index (χ2v) is 4.93. The first-order chi connectivity index (χ1) is 11.1. The standard InChI is InChI=1S/C18H16N2O3/c1-23-18(22)16(11-13-7-9-14(12-19)10-8-13)20-17(21)15-5-3-2-4-6-15/h2-10,16H,11H2,1H3,(H,20,21)/t16-/m0/s1. The zero-order chi connectivity index (χ0) is 16.7. The van der Waals surface area contributed by atoms with E-state index in [9.17, 15) is 9.59 Å². The normalized spacial score (nSPS) is 11.1. The lowest BCUT2D eigenvalue weighted by Gasteiger charge is -2.16. The third-order valence-corrected chi connectivity index (χ3v) is 3.35. The Kier molecular flexibility index (Phi) is 5.48. The minimum Gasteiger partial charge on any atom is -0.467 e. The summed E-state index contributed by atoms with van der Waals surface area (Å²) >= 11 is 0.